The number of anilines is 2. The maximum atomic E-state index is 12.7. The molecule has 9 nitrogen and oxygen atoms in total. The van der Waals surface area contributed by atoms with Crippen molar-refractivity contribution in [1.82, 2.24) is 25.5 Å². The minimum Gasteiger partial charge on any atom is -0.457 e. The molecule has 0 saturated heterocycles. The summed E-state index contributed by atoms with van der Waals surface area (Å²) < 4.78 is 5.79. The molecule has 1 atom stereocenters. The lowest BCUT2D eigenvalue weighted by Crippen LogP contribution is -2.37. The fourth-order valence-electron chi connectivity index (χ4n) is 3.31. The topological polar surface area (TPSA) is 108 Å². The van der Waals surface area contributed by atoms with Crippen LogP contribution in [0.25, 0.3) is 0 Å². The number of aromatic nitrogens is 4. The van der Waals surface area contributed by atoms with Gasteiger partial charge in [-0.15, -0.1) is 10.2 Å². The predicted molar refractivity (Wildman–Crippen MR) is 131 cm³/mol. The van der Waals surface area contributed by atoms with Crippen molar-refractivity contribution in [2.75, 3.05) is 30.8 Å². The van der Waals surface area contributed by atoms with Crippen LogP contribution in [0.3, 0.4) is 0 Å². The fraction of sp³-hybridized carbons (Fsp3) is 0.167. The molecule has 1 unspecified atom stereocenters. The van der Waals surface area contributed by atoms with Crippen LogP contribution in [-0.4, -0.2) is 51.6 Å². The summed E-state index contributed by atoms with van der Waals surface area (Å²) in [6.07, 6.45) is 0. The van der Waals surface area contributed by atoms with Crippen LogP contribution >= 0.6 is 11.6 Å². The van der Waals surface area contributed by atoms with Gasteiger partial charge in [0.1, 0.15) is 11.5 Å². The number of halogens is 1. The van der Waals surface area contributed by atoms with Gasteiger partial charge in [-0.2, -0.15) is 5.21 Å². The molecule has 174 valence electrons. The van der Waals surface area contributed by atoms with E-state index in [4.69, 9.17) is 16.3 Å². The van der Waals surface area contributed by atoms with Crippen molar-refractivity contribution >= 4 is 28.9 Å². The van der Waals surface area contributed by atoms with Crippen LogP contribution < -0.4 is 15.4 Å². The summed E-state index contributed by atoms with van der Waals surface area (Å²) in [5.41, 5.74) is 1.57. The molecule has 0 spiro atoms. The highest BCUT2D eigenvalue weighted by Gasteiger charge is 2.23. The smallest absolute Gasteiger partial charge is 0.238 e. The number of amides is 1. The van der Waals surface area contributed by atoms with Gasteiger partial charge in [-0.1, -0.05) is 35.0 Å². The minimum atomic E-state index is -0.290. The Morgan fingerprint density at radius 1 is 1.00 bits per heavy atom. The zero-order chi connectivity index (χ0) is 23.8. The molecule has 1 heterocycles. The average molecular weight is 478 g/mol. The first-order valence-electron chi connectivity index (χ1n) is 10.6. The number of hydrogen-bond acceptors (Lipinski definition) is 7. The fourth-order valence-corrected chi connectivity index (χ4v) is 3.43. The highest BCUT2D eigenvalue weighted by Crippen LogP contribution is 2.23. The standard InChI is InChI=1S/C24H24ClN7O2/c1-32(22(24-28-30-31-29-24)15-26-18-9-7-17(25)8-10-18)16-23(33)27-19-11-13-21(14-12-19)34-20-5-3-2-4-6-20/h2-14,22,26H,15-16H2,1H3,(H,27,33)(H,28,29,30,31). The number of tetrazole rings is 1. The van der Waals surface area contributed by atoms with Crippen LogP contribution in [0.15, 0.2) is 78.9 Å². The van der Waals surface area contributed by atoms with Crippen molar-refractivity contribution in [3.63, 3.8) is 0 Å². The van der Waals surface area contributed by atoms with Crippen molar-refractivity contribution in [1.29, 1.82) is 0 Å². The Balaban J connectivity index is 1.34. The van der Waals surface area contributed by atoms with Gasteiger partial charge in [0.05, 0.1) is 12.6 Å². The van der Waals surface area contributed by atoms with E-state index in [-0.39, 0.29) is 18.5 Å². The van der Waals surface area contributed by atoms with Crippen LogP contribution in [-0.2, 0) is 4.79 Å². The van der Waals surface area contributed by atoms with Crippen molar-refractivity contribution in [3.8, 4) is 11.5 Å². The highest BCUT2D eigenvalue weighted by atomic mass is 35.5. The third-order valence-corrected chi connectivity index (χ3v) is 5.30. The number of likely N-dealkylation sites (N-methyl/N-ethyl adjacent to an activating group) is 1. The number of hydrogen-bond donors (Lipinski definition) is 3. The van der Waals surface area contributed by atoms with Gasteiger partial charge < -0.3 is 15.4 Å². The lowest BCUT2D eigenvalue weighted by molar-refractivity contribution is -0.117. The third-order valence-electron chi connectivity index (χ3n) is 5.05. The average Bonchev–Trinajstić information content (AvgIpc) is 3.37. The first-order chi connectivity index (χ1) is 16.6. The largest absolute Gasteiger partial charge is 0.457 e. The second-order valence-corrected chi connectivity index (χ2v) is 8.01. The molecule has 3 aromatic carbocycles. The zero-order valence-electron chi connectivity index (χ0n) is 18.5. The van der Waals surface area contributed by atoms with Crippen LogP contribution in [0.1, 0.15) is 11.9 Å². The van der Waals surface area contributed by atoms with Crippen molar-refractivity contribution < 1.29 is 9.53 Å². The molecule has 0 aliphatic carbocycles. The molecule has 4 rings (SSSR count). The van der Waals surface area contributed by atoms with E-state index >= 15 is 0 Å². The van der Waals surface area contributed by atoms with Crippen LogP contribution in [0.4, 0.5) is 11.4 Å². The molecule has 34 heavy (non-hydrogen) atoms. The van der Waals surface area contributed by atoms with Gasteiger partial charge in [0.15, 0.2) is 5.82 Å². The van der Waals surface area contributed by atoms with Gasteiger partial charge in [-0.3, -0.25) is 9.69 Å². The molecule has 0 aliphatic heterocycles. The van der Waals surface area contributed by atoms with Crippen LogP contribution in [0.5, 0.6) is 11.5 Å². The highest BCUT2D eigenvalue weighted by molar-refractivity contribution is 6.30. The van der Waals surface area contributed by atoms with Crippen molar-refractivity contribution in [2.24, 2.45) is 0 Å². The molecule has 0 fully saturated rings. The Morgan fingerprint density at radius 2 is 1.68 bits per heavy atom. The number of ether oxygens (including phenoxy) is 1. The second-order valence-electron chi connectivity index (χ2n) is 7.58. The van der Waals surface area contributed by atoms with E-state index in [0.29, 0.717) is 28.8 Å². The molecule has 10 heteroatoms. The predicted octanol–water partition coefficient (Wildman–Crippen LogP) is 4.37. The Morgan fingerprint density at radius 3 is 2.35 bits per heavy atom. The van der Waals surface area contributed by atoms with E-state index in [1.165, 1.54) is 0 Å². The Labute approximate surface area is 202 Å². The summed E-state index contributed by atoms with van der Waals surface area (Å²) in [5.74, 6) is 1.76. The van der Waals surface area contributed by atoms with E-state index in [0.717, 1.165) is 11.4 Å². The molecule has 0 aliphatic rings. The quantitative estimate of drug-likeness (QED) is 0.311. The maximum absolute atomic E-state index is 12.7. The van der Waals surface area contributed by atoms with Crippen LogP contribution in [0.2, 0.25) is 5.02 Å². The summed E-state index contributed by atoms with van der Waals surface area (Å²) >= 11 is 5.95. The van der Waals surface area contributed by atoms with E-state index in [1.54, 1.807) is 24.3 Å². The monoisotopic (exact) mass is 477 g/mol. The summed E-state index contributed by atoms with van der Waals surface area (Å²) in [7, 11) is 1.83. The number of para-hydroxylation sites is 1. The molecule has 1 amide bonds. The number of carbonyl (C=O) groups excluding carboxylic acids is 1. The summed E-state index contributed by atoms with van der Waals surface area (Å²) in [5, 5.41) is 21.2. The zero-order valence-corrected chi connectivity index (χ0v) is 19.2. The van der Waals surface area contributed by atoms with Gasteiger partial charge in [0.2, 0.25) is 5.91 Å². The number of rotatable bonds is 10. The van der Waals surface area contributed by atoms with E-state index < -0.39 is 0 Å². The molecular weight excluding hydrogens is 454 g/mol. The number of nitrogens with one attached hydrogen (secondary N) is 3. The Hall–Kier alpha value is -3.95. The minimum absolute atomic E-state index is 0.129. The SMILES string of the molecule is CN(CC(=O)Nc1ccc(Oc2ccccc2)cc1)C(CNc1ccc(Cl)cc1)c1nn[nH]n1. The van der Waals surface area contributed by atoms with Crippen LogP contribution in [0, 0.1) is 0 Å². The first-order valence-corrected chi connectivity index (χ1v) is 11.0. The van der Waals surface area contributed by atoms with Crippen molar-refractivity contribution in [3.05, 3.63) is 89.7 Å². The van der Waals surface area contributed by atoms with Crippen molar-refractivity contribution in [2.45, 2.75) is 6.04 Å². The summed E-state index contributed by atoms with van der Waals surface area (Å²) in [6, 6.07) is 23.8. The van der Waals surface area contributed by atoms with Gasteiger partial charge in [0, 0.05) is 22.9 Å². The lowest BCUT2D eigenvalue weighted by atomic mass is 10.2. The van der Waals surface area contributed by atoms with E-state index in [9.17, 15) is 4.79 Å². The summed E-state index contributed by atoms with van der Waals surface area (Å²) in [4.78, 5) is 14.6. The normalized spacial score (nSPS) is 11.7. The van der Waals surface area contributed by atoms with Gasteiger partial charge >= 0.3 is 0 Å². The number of H-pyrrole nitrogens is 1. The molecule has 0 bridgehead atoms. The maximum Gasteiger partial charge on any atom is 0.238 e. The van der Waals surface area contributed by atoms with Gasteiger partial charge in [-0.05, 0) is 67.7 Å². The molecular formula is C24H24ClN7O2. The number of nitrogens with zero attached hydrogens (tertiary/aromatic N) is 4. The Bertz CT molecular complexity index is 1170. The lowest BCUT2D eigenvalue weighted by Gasteiger charge is -2.25. The Kier molecular flexibility index (Phi) is 7.69. The van der Waals surface area contributed by atoms with E-state index in [1.807, 2.05) is 66.5 Å². The third kappa shape index (κ3) is 6.53. The second kappa shape index (κ2) is 11.3. The van der Waals surface area contributed by atoms with Gasteiger partial charge in [-0.25, -0.2) is 0 Å². The molecule has 1 aromatic heterocycles. The number of benzene rings is 3. The van der Waals surface area contributed by atoms with Gasteiger partial charge in [0.25, 0.3) is 0 Å². The number of aromatic amines is 1. The molecule has 4 aromatic rings. The summed E-state index contributed by atoms with van der Waals surface area (Å²) in [6.45, 7) is 0.597. The number of carbonyl (C=O) groups is 1. The van der Waals surface area contributed by atoms with E-state index in [2.05, 4.69) is 31.3 Å². The first kappa shape index (κ1) is 23.2. The molecule has 3 N–H and O–H groups in total. The molecule has 0 saturated carbocycles. The molecule has 0 radical (unpaired) electrons.